The lowest BCUT2D eigenvalue weighted by molar-refractivity contribution is 0.423. The van der Waals surface area contributed by atoms with Crippen molar-refractivity contribution >= 4 is 0 Å². The summed E-state index contributed by atoms with van der Waals surface area (Å²) in [5, 5.41) is 13.4. The van der Waals surface area contributed by atoms with Gasteiger partial charge in [0, 0.05) is 18.6 Å². The Morgan fingerprint density at radius 1 is 1.11 bits per heavy atom. The van der Waals surface area contributed by atoms with E-state index >= 15 is 0 Å². The second kappa shape index (κ2) is 4.21. The average molecular weight is 241 g/mol. The Bertz CT molecular complexity index is 668. The lowest BCUT2D eigenvalue weighted by atomic mass is 10.3. The Morgan fingerprint density at radius 2 is 2.06 bits per heavy atom. The Balaban J connectivity index is 2.03. The molecule has 0 unspecified atom stereocenters. The molecule has 0 aliphatic heterocycles. The number of nitrogens with zero attached hydrogens (tertiary/aromatic N) is 5. The third-order valence-corrected chi connectivity index (χ3v) is 2.21. The normalized spacial score (nSPS) is 10.4. The summed E-state index contributed by atoms with van der Waals surface area (Å²) in [5.74, 6) is 0.406. The van der Waals surface area contributed by atoms with E-state index in [0.717, 1.165) is 0 Å². The van der Waals surface area contributed by atoms with Crippen LogP contribution in [0.25, 0.3) is 23.1 Å². The van der Waals surface area contributed by atoms with Gasteiger partial charge in [-0.15, -0.1) is 0 Å². The maximum atomic E-state index is 9.63. The number of rotatable bonds is 2. The van der Waals surface area contributed by atoms with Crippen molar-refractivity contribution in [3.05, 3.63) is 36.9 Å². The fourth-order valence-electron chi connectivity index (χ4n) is 1.40. The van der Waals surface area contributed by atoms with Crippen LogP contribution < -0.4 is 0 Å². The first-order valence-corrected chi connectivity index (χ1v) is 5.09. The fourth-order valence-corrected chi connectivity index (χ4v) is 1.40. The van der Waals surface area contributed by atoms with Crippen molar-refractivity contribution in [3.8, 4) is 28.9 Å². The molecule has 18 heavy (non-hydrogen) atoms. The summed E-state index contributed by atoms with van der Waals surface area (Å²) < 4.78 is 5.03. The van der Waals surface area contributed by atoms with Crippen LogP contribution in [0.1, 0.15) is 0 Å². The molecule has 3 heterocycles. The molecule has 3 aromatic rings. The van der Waals surface area contributed by atoms with Gasteiger partial charge in [-0.05, 0) is 12.1 Å². The standard InChI is InChI=1S/C11H7N5O2/c17-8-2-1-3-14-9(8)11-15-10(16-18-11)7-6-12-4-5-13-7/h1-6,17H. The lowest BCUT2D eigenvalue weighted by Gasteiger charge is -1.95. The van der Waals surface area contributed by atoms with E-state index in [1.54, 1.807) is 12.3 Å². The van der Waals surface area contributed by atoms with Gasteiger partial charge in [0.05, 0.1) is 6.20 Å². The molecule has 0 aromatic carbocycles. The van der Waals surface area contributed by atoms with Crippen LogP contribution in [-0.2, 0) is 0 Å². The van der Waals surface area contributed by atoms with Gasteiger partial charge in [0.2, 0.25) is 5.82 Å². The number of aromatic hydroxyl groups is 1. The number of aromatic nitrogens is 5. The molecule has 0 aliphatic carbocycles. The second-order valence-corrected chi connectivity index (χ2v) is 3.38. The van der Waals surface area contributed by atoms with Gasteiger partial charge < -0.3 is 9.63 Å². The highest BCUT2D eigenvalue weighted by Crippen LogP contribution is 2.25. The molecule has 1 N–H and O–H groups in total. The Labute approximate surface area is 101 Å². The van der Waals surface area contributed by atoms with Gasteiger partial charge in [-0.25, -0.2) is 9.97 Å². The maximum absolute atomic E-state index is 9.63. The van der Waals surface area contributed by atoms with Crippen LogP contribution in [-0.4, -0.2) is 30.2 Å². The summed E-state index contributed by atoms with van der Waals surface area (Å²) in [6.07, 6.45) is 6.13. The van der Waals surface area contributed by atoms with Crippen molar-refractivity contribution in [3.63, 3.8) is 0 Å². The van der Waals surface area contributed by atoms with Gasteiger partial charge >= 0.3 is 0 Å². The topological polar surface area (TPSA) is 97.8 Å². The van der Waals surface area contributed by atoms with Gasteiger partial charge in [0.25, 0.3) is 5.89 Å². The van der Waals surface area contributed by atoms with Crippen molar-refractivity contribution in [2.45, 2.75) is 0 Å². The average Bonchev–Trinajstić information content (AvgIpc) is 2.90. The highest BCUT2D eigenvalue weighted by molar-refractivity contribution is 5.58. The van der Waals surface area contributed by atoms with Gasteiger partial charge in [0.15, 0.2) is 5.69 Å². The molecule has 0 saturated heterocycles. The van der Waals surface area contributed by atoms with E-state index in [0.29, 0.717) is 11.5 Å². The van der Waals surface area contributed by atoms with Crippen LogP contribution in [0.15, 0.2) is 41.4 Å². The van der Waals surface area contributed by atoms with Crippen LogP contribution in [0.4, 0.5) is 0 Å². The molecular weight excluding hydrogens is 234 g/mol. The van der Waals surface area contributed by atoms with Gasteiger partial charge in [-0.1, -0.05) is 5.16 Å². The van der Waals surface area contributed by atoms with E-state index in [9.17, 15) is 5.11 Å². The monoisotopic (exact) mass is 241 g/mol. The molecule has 88 valence electrons. The molecule has 0 radical (unpaired) electrons. The fraction of sp³-hybridized carbons (Fsp3) is 0. The predicted molar refractivity (Wildman–Crippen MR) is 60.2 cm³/mol. The summed E-state index contributed by atoms with van der Waals surface area (Å²) in [6.45, 7) is 0. The molecule has 0 amide bonds. The molecule has 0 atom stereocenters. The van der Waals surface area contributed by atoms with E-state index < -0.39 is 0 Å². The smallest absolute Gasteiger partial charge is 0.280 e. The summed E-state index contributed by atoms with van der Waals surface area (Å²) in [7, 11) is 0. The van der Waals surface area contributed by atoms with Crippen LogP contribution in [0, 0.1) is 0 Å². The molecule has 0 saturated carbocycles. The minimum absolute atomic E-state index is 0.0214. The molecule has 0 bridgehead atoms. The molecule has 7 nitrogen and oxygen atoms in total. The largest absolute Gasteiger partial charge is 0.505 e. The molecule has 7 heteroatoms. The zero-order valence-electron chi connectivity index (χ0n) is 9.06. The number of hydrogen-bond donors (Lipinski definition) is 1. The number of hydrogen-bond acceptors (Lipinski definition) is 7. The van der Waals surface area contributed by atoms with E-state index in [1.807, 2.05) is 0 Å². The Morgan fingerprint density at radius 3 is 2.83 bits per heavy atom. The third-order valence-electron chi connectivity index (χ3n) is 2.21. The summed E-state index contributed by atoms with van der Waals surface area (Å²) >= 11 is 0. The first kappa shape index (κ1) is 10.3. The highest BCUT2D eigenvalue weighted by atomic mass is 16.5. The molecule has 0 aliphatic rings. The molecule has 3 rings (SSSR count). The highest BCUT2D eigenvalue weighted by Gasteiger charge is 2.15. The van der Waals surface area contributed by atoms with Crippen LogP contribution >= 0.6 is 0 Å². The predicted octanol–water partition coefficient (Wildman–Crippen LogP) is 1.29. The third kappa shape index (κ3) is 1.77. The zero-order valence-corrected chi connectivity index (χ0v) is 9.06. The van der Waals surface area contributed by atoms with Gasteiger partial charge in [-0.3, -0.25) is 4.98 Å². The summed E-state index contributed by atoms with van der Waals surface area (Å²) in [4.78, 5) is 16.0. The van der Waals surface area contributed by atoms with Crippen LogP contribution in [0.2, 0.25) is 0 Å². The second-order valence-electron chi connectivity index (χ2n) is 3.38. The quantitative estimate of drug-likeness (QED) is 0.721. The van der Waals surface area contributed by atoms with Crippen molar-refractivity contribution in [1.29, 1.82) is 0 Å². The maximum Gasteiger partial charge on any atom is 0.280 e. The summed E-state index contributed by atoms with van der Waals surface area (Å²) in [6, 6.07) is 3.10. The minimum Gasteiger partial charge on any atom is -0.505 e. The van der Waals surface area contributed by atoms with E-state index in [4.69, 9.17) is 4.52 Å². The van der Waals surface area contributed by atoms with E-state index in [-0.39, 0.29) is 17.3 Å². The molecular formula is C11H7N5O2. The van der Waals surface area contributed by atoms with Gasteiger partial charge in [-0.2, -0.15) is 4.98 Å². The first-order chi connectivity index (χ1) is 8.84. The Hall–Kier alpha value is -2.83. The lowest BCUT2D eigenvalue weighted by Crippen LogP contribution is -1.87. The Kier molecular flexibility index (Phi) is 2.41. The minimum atomic E-state index is -0.0214. The SMILES string of the molecule is Oc1cccnc1-c1nc(-c2cnccn2)no1. The van der Waals surface area contributed by atoms with Crippen molar-refractivity contribution < 1.29 is 9.63 Å². The van der Waals surface area contributed by atoms with Crippen LogP contribution in [0.5, 0.6) is 5.75 Å². The van der Waals surface area contributed by atoms with Crippen molar-refractivity contribution in [2.75, 3.05) is 0 Å². The first-order valence-electron chi connectivity index (χ1n) is 5.09. The summed E-state index contributed by atoms with van der Waals surface area (Å²) in [5.41, 5.74) is 0.725. The van der Waals surface area contributed by atoms with Crippen molar-refractivity contribution in [2.24, 2.45) is 0 Å². The van der Waals surface area contributed by atoms with E-state index in [2.05, 4.69) is 25.1 Å². The van der Waals surface area contributed by atoms with Crippen molar-refractivity contribution in [1.82, 2.24) is 25.1 Å². The molecule has 0 spiro atoms. The van der Waals surface area contributed by atoms with Crippen LogP contribution in [0.3, 0.4) is 0 Å². The molecule has 3 aromatic heterocycles. The van der Waals surface area contributed by atoms with E-state index in [1.165, 1.54) is 24.7 Å². The van der Waals surface area contributed by atoms with Gasteiger partial charge in [0.1, 0.15) is 11.4 Å². The number of pyridine rings is 1. The zero-order chi connectivity index (χ0) is 12.4. The molecule has 0 fully saturated rings.